The Morgan fingerprint density at radius 2 is 1.79 bits per heavy atom. The van der Waals surface area contributed by atoms with E-state index in [1.807, 2.05) is 36.1 Å². The number of amides is 1. The van der Waals surface area contributed by atoms with Crippen LogP contribution in [0.25, 0.3) is 15.5 Å². The van der Waals surface area contributed by atoms with Crippen LogP contribution in [-0.4, -0.2) is 56.5 Å². The lowest BCUT2D eigenvalue weighted by atomic mass is 10.1. The molecule has 1 amide bonds. The molecule has 5 rings (SSSR count). The molecule has 2 aromatic heterocycles. The van der Waals surface area contributed by atoms with Gasteiger partial charge in [-0.05, 0) is 30.7 Å². The normalized spacial score (nSPS) is 14.7. The molecule has 0 N–H and O–H groups in total. The van der Waals surface area contributed by atoms with Crippen molar-refractivity contribution in [1.29, 1.82) is 0 Å². The molecule has 4 aromatic rings. The number of piperazine rings is 1. The van der Waals surface area contributed by atoms with Crippen LogP contribution < -0.4 is 5.56 Å². The number of halogens is 1. The number of hydrogen-bond donors (Lipinski definition) is 0. The van der Waals surface area contributed by atoms with Gasteiger partial charge in [0, 0.05) is 49.9 Å². The highest BCUT2D eigenvalue weighted by Gasteiger charge is 2.23. The summed E-state index contributed by atoms with van der Waals surface area (Å²) in [7, 11) is 0. The van der Waals surface area contributed by atoms with E-state index in [0.29, 0.717) is 53.9 Å². The number of carbonyl (C=O) groups is 1. The van der Waals surface area contributed by atoms with E-state index in [-0.39, 0.29) is 17.3 Å². The molecule has 33 heavy (non-hydrogen) atoms. The standard InChI is InChI=1S/C24H22FN5O2S/c1-16-6-2-3-7-18(16)23(32)29-12-10-28(11-13-29)15-17-14-21(31)30-24(26-17)33-22(27-30)19-8-4-5-9-20(19)25/h2-9,14H,10-13,15H2,1H3. The van der Waals surface area contributed by atoms with E-state index < -0.39 is 0 Å². The van der Waals surface area contributed by atoms with Crippen LogP contribution in [0.4, 0.5) is 4.39 Å². The minimum Gasteiger partial charge on any atom is -0.336 e. The molecule has 1 fully saturated rings. The summed E-state index contributed by atoms with van der Waals surface area (Å²) in [5, 5.41) is 4.67. The third kappa shape index (κ3) is 4.29. The lowest BCUT2D eigenvalue weighted by Crippen LogP contribution is -2.48. The van der Waals surface area contributed by atoms with Gasteiger partial charge in [-0.2, -0.15) is 9.61 Å². The summed E-state index contributed by atoms with van der Waals surface area (Å²) in [6.45, 7) is 5.08. The maximum absolute atomic E-state index is 14.1. The fraction of sp³-hybridized carbons (Fsp3) is 0.250. The van der Waals surface area contributed by atoms with Gasteiger partial charge in [-0.1, -0.05) is 41.7 Å². The van der Waals surface area contributed by atoms with Crippen molar-refractivity contribution in [2.24, 2.45) is 0 Å². The van der Waals surface area contributed by atoms with Crippen molar-refractivity contribution in [3.05, 3.63) is 87.6 Å². The second-order valence-corrected chi connectivity index (χ2v) is 9.01. The molecule has 7 nitrogen and oxygen atoms in total. The Labute approximate surface area is 193 Å². The number of nitrogens with zero attached hydrogens (tertiary/aromatic N) is 5. The number of aryl methyl sites for hydroxylation is 1. The highest BCUT2D eigenvalue weighted by Crippen LogP contribution is 2.26. The molecule has 0 atom stereocenters. The van der Waals surface area contributed by atoms with Crippen molar-refractivity contribution >= 4 is 22.2 Å². The fourth-order valence-electron chi connectivity index (χ4n) is 4.00. The summed E-state index contributed by atoms with van der Waals surface area (Å²) in [6, 6.07) is 15.4. The summed E-state index contributed by atoms with van der Waals surface area (Å²) in [4.78, 5) is 34.5. The Hall–Kier alpha value is -3.43. The number of fused-ring (bicyclic) bond motifs is 1. The zero-order chi connectivity index (χ0) is 22.9. The number of rotatable bonds is 4. The molecule has 0 aliphatic carbocycles. The molecule has 2 aromatic carbocycles. The Kier molecular flexibility index (Phi) is 5.74. The maximum Gasteiger partial charge on any atom is 0.275 e. The monoisotopic (exact) mass is 463 g/mol. The largest absolute Gasteiger partial charge is 0.336 e. The molecule has 0 spiro atoms. The van der Waals surface area contributed by atoms with Crippen molar-refractivity contribution in [3.8, 4) is 10.6 Å². The van der Waals surface area contributed by atoms with Crippen LogP contribution in [0.15, 0.2) is 59.4 Å². The van der Waals surface area contributed by atoms with Crippen LogP contribution in [-0.2, 0) is 6.54 Å². The third-order valence-electron chi connectivity index (χ3n) is 5.82. The second-order valence-electron chi connectivity index (χ2n) is 8.05. The molecule has 0 bridgehead atoms. The lowest BCUT2D eigenvalue weighted by Gasteiger charge is -2.34. The van der Waals surface area contributed by atoms with Crippen molar-refractivity contribution in [2.45, 2.75) is 13.5 Å². The molecule has 168 valence electrons. The molecular formula is C24H22FN5O2S. The van der Waals surface area contributed by atoms with E-state index in [9.17, 15) is 14.0 Å². The first-order valence-corrected chi connectivity index (χ1v) is 11.5. The molecule has 1 saturated heterocycles. The third-order valence-corrected chi connectivity index (χ3v) is 6.76. The number of hydrogen-bond acceptors (Lipinski definition) is 6. The summed E-state index contributed by atoms with van der Waals surface area (Å²) in [5.41, 5.74) is 2.41. The van der Waals surface area contributed by atoms with Gasteiger partial charge < -0.3 is 4.90 Å². The van der Waals surface area contributed by atoms with E-state index in [0.717, 1.165) is 11.1 Å². The predicted octanol–water partition coefficient (Wildman–Crippen LogP) is 3.22. The van der Waals surface area contributed by atoms with Crippen molar-refractivity contribution in [3.63, 3.8) is 0 Å². The van der Waals surface area contributed by atoms with Gasteiger partial charge in [0.1, 0.15) is 5.82 Å². The SMILES string of the molecule is Cc1ccccc1C(=O)N1CCN(Cc2cc(=O)n3nc(-c4ccccc4F)sc3n2)CC1. The topological polar surface area (TPSA) is 70.8 Å². The molecule has 0 saturated carbocycles. The Bertz CT molecular complexity index is 1390. The van der Waals surface area contributed by atoms with E-state index in [2.05, 4.69) is 15.0 Å². The molecular weight excluding hydrogens is 441 g/mol. The van der Waals surface area contributed by atoms with Crippen LogP contribution in [0, 0.1) is 12.7 Å². The molecule has 3 heterocycles. The van der Waals surface area contributed by atoms with Gasteiger partial charge in [0.15, 0.2) is 5.01 Å². The van der Waals surface area contributed by atoms with Crippen LogP contribution in [0.2, 0.25) is 0 Å². The van der Waals surface area contributed by atoms with Gasteiger partial charge >= 0.3 is 0 Å². The molecule has 9 heteroatoms. The second kappa shape index (κ2) is 8.84. The summed E-state index contributed by atoms with van der Waals surface area (Å²) >= 11 is 1.19. The van der Waals surface area contributed by atoms with E-state index in [1.165, 1.54) is 28.0 Å². The van der Waals surface area contributed by atoms with E-state index >= 15 is 0 Å². The van der Waals surface area contributed by atoms with Crippen LogP contribution >= 0.6 is 11.3 Å². The summed E-state index contributed by atoms with van der Waals surface area (Å²) in [5.74, 6) is -0.334. The minimum absolute atomic E-state index is 0.0517. The first-order chi connectivity index (χ1) is 16.0. The predicted molar refractivity (Wildman–Crippen MR) is 125 cm³/mol. The Balaban J connectivity index is 1.29. The van der Waals surface area contributed by atoms with Gasteiger partial charge in [-0.3, -0.25) is 14.5 Å². The highest BCUT2D eigenvalue weighted by atomic mass is 32.1. The first-order valence-electron chi connectivity index (χ1n) is 10.7. The smallest absolute Gasteiger partial charge is 0.275 e. The lowest BCUT2D eigenvalue weighted by molar-refractivity contribution is 0.0626. The molecule has 0 radical (unpaired) electrons. The van der Waals surface area contributed by atoms with Gasteiger partial charge in [0.05, 0.1) is 5.69 Å². The fourth-order valence-corrected chi connectivity index (χ4v) is 4.95. The van der Waals surface area contributed by atoms with Gasteiger partial charge in [-0.15, -0.1) is 0 Å². The Morgan fingerprint density at radius 1 is 1.06 bits per heavy atom. The molecule has 0 unspecified atom stereocenters. The van der Waals surface area contributed by atoms with Gasteiger partial charge in [0.25, 0.3) is 11.5 Å². The van der Waals surface area contributed by atoms with Crippen LogP contribution in [0.3, 0.4) is 0 Å². The molecule has 1 aliphatic rings. The number of benzene rings is 2. The van der Waals surface area contributed by atoms with Gasteiger partial charge in [0.2, 0.25) is 4.96 Å². The minimum atomic E-state index is -0.386. The summed E-state index contributed by atoms with van der Waals surface area (Å²) in [6.07, 6.45) is 0. The number of carbonyl (C=O) groups excluding carboxylic acids is 1. The zero-order valence-corrected chi connectivity index (χ0v) is 18.9. The highest BCUT2D eigenvalue weighted by molar-refractivity contribution is 7.19. The van der Waals surface area contributed by atoms with Crippen LogP contribution in [0.1, 0.15) is 21.6 Å². The summed E-state index contributed by atoms with van der Waals surface area (Å²) < 4.78 is 15.4. The number of aromatic nitrogens is 3. The van der Waals surface area contributed by atoms with Crippen molar-refractivity contribution in [1.82, 2.24) is 24.4 Å². The van der Waals surface area contributed by atoms with Gasteiger partial charge in [-0.25, -0.2) is 9.37 Å². The quantitative estimate of drug-likeness (QED) is 0.465. The zero-order valence-electron chi connectivity index (χ0n) is 18.1. The van der Waals surface area contributed by atoms with Crippen molar-refractivity contribution in [2.75, 3.05) is 26.2 Å². The Morgan fingerprint density at radius 3 is 2.55 bits per heavy atom. The average molecular weight is 464 g/mol. The molecule has 1 aliphatic heterocycles. The van der Waals surface area contributed by atoms with E-state index in [1.54, 1.807) is 18.2 Å². The van der Waals surface area contributed by atoms with E-state index in [4.69, 9.17) is 0 Å². The van der Waals surface area contributed by atoms with Crippen LogP contribution in [0.5, 0.6) is 0 Å². The first kappa shape index (κ1) is 21.4. The maximum atomic E-state index is 14.1. The van der Waals surface area contributed by atoms with Crippen molar-refractivity contribution < 1.29 is 9.18 Å². The average Bonchev–Trinajstić information content (AvgIpc) is 3.24.